The van der Waals surface area contributed by atoms with Gasteiger partial charge in [-0.2, -0.15) is 16.3 Å². The minimum absolute atomic E-state index is 0.732. The Morgan fingerprint density at radius 2 is 2.42 bits per heavy atom. The molecule has 0 aromatic carbocycles. The Labute approximate surface area is 117 Å². The summed E-state index contributed by atoms with van der Waals surface area (Å²) in [5.74, 6) is 2.26. The first-order valence-electron chi connectivity index (χ1n) is 6.89. The molecule has 0 amide bonds. The van der Waals surface area contributed by atoms with Crippen LogP contribution in [-0.4, -0.2) is 23.2 Å². The molecule has 1 fully saturated rings. The Morgan fingerprint density at radius 1 is 1.47 bits per heavy atom. The first-order valence-corrected chi connectivity index (χ1v) is 7.83. The number of hydrogen-bond donors (Lipinski definition) is 1. The summed E-state index contributed by atoms with van der Waals surface area (Å²) >= 11 is 1.68. The van der Waals surface area contributed by atoms with E-state index in [0.29, 0.717) is 0 Å². The molecule has 2 aromatic rings. The maximum absolute atomic E-state index is 5.36. The van der Waals surface area contributed by atoms with Gasteiger partial charge >= 0.3 is 0 Å². The molecule has 0 radical (unpaired) electrons. The van der Waals surface area contributed by atoms with Crippen LogP contribution in [-0.2, 0) is 6.42 Å². The summed E-state index contributed by atoms with van der Waals surface area (Å²) in [5, 5.41) is 11.7. The third kappa shape index (κ3) is 3.04. The second-order valence-corrected chi connectivity index (χ2v) is 5.97. The van der Waals surface area contributed by atoms with E-state index in [1.54, 1.807) is 11.3 Å². The molecule has 1 aliphatic rings. The van der Waals surface area contributed by atoms with Crippen LogP contribution in [0.2, 0.25) is 0 Å². The molecule has 0 spiro atoms. The van der Waals surface area contributed by atoms with Crippen LogP contribution >= 0.6 is 11.3 Å². The zero-order valence-electron chi connectivity index (χ0n) is 11.2. The Kier molecular flexibility index (Phi) is 3.94. The molecule has 1 aliphatic heterocycles. The first-order chi connectivity index (χ1) is 9.33. The molecular formula is C14H19N3OS. The van der Waals surface area contributed by atoms with Crippen molar-refractivity contribution in [3.8, 4) is 11.4 Å². The zero-order valence-corrected chi connectivity index (χ0v) is 12.0. The van der Waals surface area contributed by atoms with Gasteiger partial charge in [-0.25, -0.2) is 0 Å². The fraction of sp³-hybridized carbons (Fsp3) is 0.571. The highest BCUT2D eigenvalue weighted by molar-refractivity contribution is 7.08. The zero-order chi connectivity index (χ0) is 13.1. The van der Waals surface area contributed by atoms with E-state index in [9.17, 15) is 0 Å². The minimum atomic E-state index is 0.732. The Hall–Kier alpha value is -1.20. The lowest BCUT2D eigenvalue weighted by Crippen LogP contribution is -2.29. The predicted molar refractivity (Wildman–Crippen MR) is 76.3 cm³/mol. The van der Waals surface area contributed by atoms with Crippen molar-refractivity contribution in [2.24, 2.45) is 5.92 Å². The van der Waals surface area contributed by atoms with Crippen LogP contribution in [0.4, 0.5) is 0 Å². The molecule has 1 unspecified atom stereocenters. The summed E-state index contributed by atoms with van der Waals surface area (Å²) in [6.07, 6.45) is 4.63. The minimum Gasteiger partial charge on any atom is -0.339 e. The summed E-state index contributed by atoms with van der Waals surface area (Å²) in [4.78, 5) is 4.51. The second-order valence-electron chi connectivity index (χ2n) is 5.23. The predicted octanol–water partition coefficient (Wildman–Crippen LogP) is 3.04. The van der Waals surface area contributed by atoms with Crippen molar-refractivity contribution < 1.29 is 4.52 Å². The van der Waals surface area contributed by atoms with Crippen molar-refractivity contribution in [1.29, 1.82) is 0 Å². The van der Waals surface area contributed by atoms with Crippen molar-refractivity contribution in [2.45, 2.75) is 32.6 Å². The van der Waals surface area contributed by atoms with E-state index in [1.807, 2.05) is 0 Å². The van der Waals surface area contributed by atoms with E-state index in [2.05, 4.69) is 33.1 Å². The molecule has 1 atom stereocenters. The highest BCUT2D eigenvalue weighted by atomic mass is 32.1. The lowest BCUT2D eigenvalue weighted by Gasteiger charge is -2.21. The normalized spacial score (nSPS) is 19.7. The average molecular weight is 277 g/mol. The number of thiophene rings is 1. The van der Waals surface area contributed by atoms with Gasteiger partial charge in [-0.15, -0.1) is 0 Å². The van der Waals surface area contributed by atoms with E-state index in [4.69, 9.17) is 4.52 Å². The molecule has 3 rings (SSSR count). The molecule has 2 aromatic heterocycles. The highest BCUT2D eigenvalue weighted by Gasteiger charge is 2.16. The number of aromatic nitrogens is 2. The number of hydrogen-bond acceptors (Lipinski definition) is 5. The Bertz CT molecular complexity index is 528. The fourth-order valence-electron chi connectivity index (χ4n) is 2.55. The maximum atomic E-state index is 5.36. The van der Waals surface area contributed by atoms with Gasteiger partial charge in [0.15, 0.2) is 0 Å². The van der Waals surface area contributed by atoms with Crippen molar-refractivity contribution in [3.05, 3.63) is 22.2 Å². The van der Waals surface area contributed by atoms with Gasteiger partial charge in [0.25, 0.3) is 0 Å². The summed E-state index contributed by atoms with van der Waals surface area (Å²) in [6.45, 7) is 4.37. The summed E-state index contributed by atoms with van der Waals surface area (Å²) in [7, 11) is 0. The molecule has 5 heteroatoms. The lowest BCUT2D eigenvalue weighted by molar-refractivity contribution is 0.327. The van der Waals surface area contributed by atoms with E-state index in [1.165, 1.54) is 24.9 Å². The van der Waals surface area contributed by atoms with Crippen molar-refractivity contribution in [1.82, 2.24) is 15.5 Å². The molecule has 19 heavy (non-hydrogen) atoms. The van der Waals surface area contributed by atoms with Crippen LogP contribution in [0, 0.1) is 12.8 Å². The molecule has 0 bridgehead atoms. The van der Waals surface area contributed by atoms with E-state index < -0.39 is 0 Å². The van der Waals surface area contributed by atoms with E-state index in [-0.39, 0.29) is 0 Å². The van der Waals surface area contributed by atoms with Crippen LogP contribution in [0.25, 0.3) is 11.4 Å². The van der Waals surface area contributed by atoms with Crippen molar-refractivity contribution in [3.63, 3.8) is 0 Å². The molecule has 0 saturated carbocycles. The van der Waals surface area contributed by atoms with Gasteiger partial charge in [0.05, 0.1) is 0 Å². The molecule has 3 heterocycles. The molecule has 4 nitrogen and oxygen atoms in total. The third-order valence-electron chi connectivity index (χ3n) is 3.73. The summed E-state index contributed by atoms with van der Waals surface area (Å²) in [5.41, 5.74) is 2.31. The Morgan fingerprint density at radius 3 is 3.16 bits per heavy atom. The molecule has 0 aliphatic carbocycles. The summed E-state index contributed by atoms with van der Waals surface area (Å²) in [6, 6.07) is 0. The SMILES string of the molecule is Cc1cscc1-c1noc(CCC2CCCNC2)n1. The van der Waals surface area contributed by atoms with Gasteiger partial charge in [-0.1, -0.05) is 5.16 Å². The van der Waals surface area contributed by atoms with Crippen LogP contribution in [0.15, 0.2) is 15.3 Å². The maximum Gasteiger partial charge on any atom is 0.226 e. The van der Waals surface area contributed by atoms with Crippen LogP contribution in [0.3, 0.4) is 0 Å². The average Bonchev–Trinajstić information content (AvgIpc) is 3.06. The van der Waals surface area contributed by atoms with E-state index in [0.717, 1.165) is 42.6 Å². The number of aryl methyl sites for hydroxylation is 2. The van der Waals surface area contributed by atoms with E-state index >= 15 is 0 Å². The van der Waals surface area contributed by atoms with Crippen LogP contribution in [0.1, 0.15) is 30.7 Å². The quantitative estimate of drug-likeness (QED) is 0.933. The van der Waals surface area contributed by atoms with Crippen LogP contribution in [0.5, 0.6) is 0 Å². The largest absolute Gasteiger partial charge is 0.339 e. The smallest absolute Gasteiger partial charge is 0.226 e. The molecular weight excluding hydrogens is 258 g/mol. The monoisotopic (exact) mass is 277 g/mol. The second kappa shape index (κ2) is 5.84. The van der Waals surface area contributed by atoms with Crippen molar-refractivity contribution in [2.75, 3.05) is 13.1 Å². The van der Waals surface area contributed by atoms with Gasteiger partial charge in [0.1, 0.15) is 0 Å². The molecule has 1 saturated heterocycles. The molecule has 102 valence electrons. The van der Waals surface area contributed by atoms with Gasteiger partial charge < -0.3 is 9.84 Å². The number of rotatable bonds is 4. The van der Waals surface area contributed by atoms with Gasteiger partial charge in [-0.3, -0.25) is 0 Å². The standard InChI is InChI=1S/C14H19N3OS/c1-10-8-19-9-12(10)14-16-13(18-17-14)5-4-11-3-2-6-15-7-11/h8-9,11,15H,2-7H2,1H3. The third-order valence-corrected chi connectivity index (χ3v) is 4.59. The first kappa shape index (κ1) is 12.8. The van der Waals surface area contributed by atoms with Crippen LogP contribution < -0.4 is 5.32 Å². The number of nitrogens with one attached hydrogen (secondary N) is 1. The van der Waals surface area contributed by atoms with Gasteiger partial charge in [0.2, 0.25) is 11.7 Å². The van der Waals surface area contributed by atoms with Gasteiger partial charge in [-0.05, 0) is 56.1 Å². The number of piperidine rings is 1. The highest BCUT2D eigenvalue weighted by Crippen LogP contribution is 2.24. The topological polar surface area (TPSA) is 51.0 Å². The van der Waals surface area contributed by atoms with Gasteiger partial charge in [0, 0.05) is 17.4 Å². The Balaban J connectivity index is 1.60. The number of nitrogens with zero attached hydrogens (tertiary/aromatic N) is 2. The lowest BCUT2D eigenvalue weighted by atomic mass is 9.95. The molecule has 1 N–H and O–H groups in total. The fourth-order valence-corrected chi connectivity index (χ4v) is 3.38. The van der Waals surface area contributed by atoms with Crippen molar-refractivity contribution >= 4 is 11.3 Å². The summed E-state index contributed by atoms with van der Waals surface area (Å²) < 4.78 is 5.36.